The van der Waals surface area contributed by atoms with Crippen molar-refractivity contribution >= 4 is 23.2 Å². The van der Waals surface area contributed by atoms with E-state index in [4.69, 9.17) is 10.3 Å². The molecule has 2 N–H and O–H groups in total. The Hall–Kier alpha value is -2.18. The zero-order valence-electron chi connectivity index (χ0n) is 9.93. The highest BCUT2D eigenvalue weighted by Crippen LogP contribution is 2.20. The minimum atomic E-state index is -0.406. The highest BCUT2D eigenvalue weighted by molar-refractivity contribution is 6.04. The van der Waals surface area contributed by atoms with Crippen LogP contribution in [-0.4, -0.2) is 40.6 Å². The molecule has 1 fully saturated rings. The monoisotopic (exact) mass is 251 g/mol. The van der Waals surface area contributed by atoms with E-state index in [1.807, 2.05) is 0 Å². The molecule has 1 aliphatic heterocycles. The van der Waals surface area contributed by atoms with E-state index in [-0.39, 0.29) is 28.7 Å². The summed E-state index contributed by atoms with van der Waals surface area (Å²) in [6.07, 6.45) is 0.673. The summed E-state index contributed by atoms with van der Waals surface area (Å²) in [6, 6.07) is 0. The van der Waals surface area contributed by atoms with Crippen LogP contribution >= 0.6 is 0 Å². The van der Waals surface area contributed by atoms with Crippen molar-refractivity contribution in [3.05, 3.63) is 11.5 Å². The van der Waals surface area contributed by atoms with Gasteiger partial charge in [0.1, 0.15) is 11.5 Å². The van der Waals surface area contributed by atoms with Crippen LogP contribution in [0.1, 0.15) is 40.8 Å². The van der Waals surface area contributed by atoms with Crippen LogP contribution in [0.25, 0.3) is 0 Å². The van der Waals surface area contributed by atoms with Gasteiger partial charge in [-0.3, -0.25) is 14.4 Å². The molecule has 0 spiro atoms. The third kappa shape index (κ3) is 2.11. The Morgan fingerprint density at radius 1 is 1.33 bits per heavy atom. The number of nitrogen functional groups attached to an aromatic ring is 1. The fourth-order valence-electron chi connectivity index (χ4n) is 1.81. The summed E-state index contributed by atoms with van der Waals surface area (Å²) >= 11 is 0. The molecule has 18 heavy (non-hydrogen) atoms. The molecule has 2 heterocycles. The van der Waals surface area contributed by atoms with Crippen LogP contribution in [0.4, 0.5) is 5.69 Å². The third-order valence-electron chi connectivity index (χ3n) is 2.86. The van der Waals surface area contributed by atoms with Crippen LogP contribution in [0.15, 0.2) is 4.52 Å². The summed E-state index contributed by atoms with van der Waals surface area (Å²) in [5, 5.41) is 3.53. The molecule has 0 aliphatic carbocycles. The van der Waals surface area contributed by atoms with E-state index in [2.05, 4.69) is 5.16 Å². The Labute approximate surface area is 103 Å². The van der Waals surface area contributed by atoms with Crippen molar-refractivity contribution in [1.82, 2.24) is 10.1 Å². The number of amides is 1. The van der Waals surface area contributed by atoms with Gasteiger partial charge in [-0.15, -0.1) is 0 Å². The van der Waals surface area contributed by atoms with Crippen molar-refractivity contribution in [3.8, 4) is 0 Å². The Kier molecular flexibility index (Phi) is 3.14. The van der Waals surface area contributed by atoms with Gasteiger partial charge in [0.15, 0.2) is 11.5 Å². The second-order valence-corrected chi connectivity index (χ2v) is 4.16. The smallest absolute Gasteiger partial charge is 0.278 e. The molecule has 1 aliphatic rings. The molecule has 1 aromatic rings. The highest BCUT2D eigenvalue weighted by atomic mass is 16.5. The summed E-state index contributed by atoms with van der Waals surface area (Å²) in [4.78, 5) is 35.8. The molecule has 1 aromatic heterocycles. The molecule has 1 saturated heterocycles. The number of nitrogens with zero attached hydrogens (tertiary/aromatic N) is 2. The van der Waals surface area contributed by atoms with Crippen LogP contribution in [0.5, 0.6) is 0 Å². The zero-order chi connectivity index (χ0) is 13.3. The van der Waals surface area contributed by atoms with Gasteiger partial charge in [0.2, 0.25) is 5.76 Å². The lowest BCUT2D eigenvalue weighted by molar-refractivity contribution is -0.120. The number of nitrogens with two attached hydrogens (primary N) is 1. The van der Waals surface area contributed by atoms with E-state index in [0.717, 1.165) is 0 Å². The predicted octanol–water partition coefficient (Wildman–Crippen LogP) is 0.265. The van der Waals surface area contributed by atoms with Crippen LogP contribution in [0, 0.1) is 0 Å². The Morgan fingerprint density at radius 3 is 2.44 bits per heavy atom. The SMILES string of the molecule is CC(=O)c1onc(C(=O)N2CCC(=O)CC2)c1N. The number of carbonyl (C=O) groups excluding carboxylic acids is 3. The van der Waals surface area contributed by atoms with E-state index in [9.17, 15) is 14.4 Å². The van der Waals surface area contributed by atoms with Gasteiger partial charge in [0, 0.05) is 32.9 Å². The molecular formula is C11H13N3O4. The van der Waals surface area contributed by atoms with Crippen molar-refractivity contribution in [2.24, 2.45) is 0 Å². The molecule has 1 amide bonds. The van der Waals surface area contributed by atoms with Crippen molar-refractivity contribution in [2.45, 2.75) is 19.8 Å². The molecule has 7 heteroatoms. The third-order valence-corrected chi connectivity index (χ3v) is 2.86. The van der Waals surface area contributed by atoms with Gasteiger partial charge in [-0.2, -0.15) is 0 Å². The number of piperidine rings is 1. The van der Waals surface area contributed by atoms with Crippen molar-refractivity contribution in [3.63, 3.8) is 0 Å². The number of likely N-dealkylation sites (tertiary alicyclic amines) is 1. The normalized spacial score (nSPS) is 15.8. The average molecular weight is 251 g/mol. The molecule has 0 bridgehead atoms. The minimum Gasteiger partial charge on any atom is -0.393 e. The zero-order valence-corrected chi connectivity index (χ0v) is 9.93. The fourth-order valence-corrected chi connectivity index (χ4v) is 1.81. The summed E-state index contributed by atoms with van der Waals surface area (Å²) in [5.74, 6) is -0.757. The topological polar surface area (TPSA) is 106 Å². The predicted molar refractivity (Wildman–Crippen MR) is 61.1 cm³/mol. The summed E-state index contributed by atoms with van der Waals surface area (Å²) < 4.78 is 4.75. The number of hydrogen-bond acceptors (Lipinski definition) is 6. The largest absolute Gasteiger partial charge is 0.393 e. The van der Waals surface area contributed by atoms with Gasteiger partial charge in [0.25, 0.3) is 5.91 Å². The number of aromatic nitrogens is 1. The lowest BCUT2D eigenvalue weighted by Crippen LogP contribution is -2.39. The average Bonchev–Trinajstić information content (AvgIpc) is 2.71. The summed E-state index contributed by atoms with van der Waals surface area (Å²) in [7, 11) is 0. The van der Waals surface area contributed by atoms with Crippen LogP contribution < -0.4 is 5.73 Å². The molecule has 0 radical (unpaired) electrons. The summed E-state index contributed by atoms with van der Waals surface area (Å²) in [6.45, 7) is 1.98. The molecule has 0 saturated carbocycles. The highest BCUT2D eigenvalue weighted by Gasteiger charge is 2.28. The molecule has 2 rings (SSSR count). The van der Waals surface area contributed by atoms with E-state index in [1.54, 1.807) is 0 Å². The van der Waals surface area contributed by atoms with Gasteiger partial charge < -0.3 is 15.2 Å². The molecule has 7 nitrogen and oxygen atoms in total. The van der Waals surface area contributed by atoms with Gasteiger partial charge in [-0.1, -0.05) is 5.16 Å². The van der Waals surface area contributed by atoms with Crippen molar-refractivity contribution < 1.29 is 18.9 Å². The number of carbonyl (C=O) groups is 3. The van der Waals surface area contributed by atoms with Gasteiger partial charge in [-0.05, 0) is 0 Å². The summed E-state index contributed by atoms with van der Waals surface area (Å²) in [5.41, 5.74) is 5.55. The number of ketones is 2. The van der Waals surface area contributed by atoms with E-state index in [0.29, 0.717) is 25.9 Å². The quantitative estimate of drug-likeness (QED) is 0.756. The van der Waals surface area contributed by atoms with Crippen LogP contribution in [0.2, 0.25) is 0 Å². The lowest BCUT2D eigenvalue weighted by Gasteiger charge is -2.25. The maximum absolute atomic E-state index is 12.1. The fraction of sp³-hybridized carbons (Fsp3) is 0.455. The lowest BCUT2D eigenvalue weighted by atomic mass is 10.1. The first-order valence-corrected chi connectivity index (χ1v) is 5.57. The van der Waals surface area contributed by atoms with Crippen LogP contribution in [-0.2, 0) is 4.79 Å². The molecule has 96 valence electrons. The second-order valence-electron chi connectivity index (χ2n) is 4.16. The number of Topliss-reactive ketones (excluding diaryl/α,β-unsaturated/α-hetero) is 2. The van der Waals surface area contributed by atoms with Gasteiger partial charge in [-0.25, -0.2) is 0 Å². The Bertz CT molecular complexity index is 510. The maximum atomic E-state index is 12.1. The number of hydrogen-bond donors (Lipinski definition) is 1. The van der Waals surface area contributed by atoms with Gasteiger partial charge in [0.05, 0.1) is 0 Å². The standard InChI is InChI=1S/C11H13N3O4/c1-6(15)10-8(12)9(13-18-10)11(17)14-4-2-7(16)3-5-14/h2-5,12H2,1H3. The van der Waals surface area contributed by atoms with E-state index in [1.165, 1.54) is 11.8 Å². The number of rotatable bonds is 2. The maximum Gasteiger partial charge on any atom is 0.278 e. The molecule has 0 unspecified atom stereocenters. The van der Waals surface area contributed by atoms with E-state index < -0.39 is 5.91 Å². The first kappa shape index (κ1) is 12.3. The number of anilines is 1. The minimum absolute atomic E-state index is 0.0376. The first-order valence-electron chi connectivity index (χ1n) is 5.57. The van der Waals surface area contributed by atoms with E-state index >= 15 is 0 Å². The van der Waals surface area contributed by atoms with Crippen molar-refractivity contribution in [1.29, 1.82) is 0 Å². The first-order chi connectivity index (χ1) is 8.50. The second kappa shape index (κ2) is 4.59. The molecule has 0 aromatic carbocycles. The van der Waals surface area contributed by atoms with Crippen LogP contribution in [0.3, 0.4) is 0 Å². The Morgan fingerprint density at radius 2 is 1.94 bits per heavy atom. The van der Waals surface area contributed by atoms with Crippen molar-refractivity contribution in [2.75, 3.05) is 18.8 Å². The molecule has 0 atom stereocenters. The molecular weight excluding hydrogens is 238 g/mol. The van der Waals surface area contributed by atoms with Gasteiger partial charge >= 0.3 is 0 Å². The Balaban J connectivity index is 2.19.